The number of carbonyl (C=O) groups is 1. The van der Waals surface area contributed by atoms with Crippen molar-refractivity contribution in [2.24, 2.45) is 0 Å². The second-order valence-corrected chi connectivity index (χ2v) is 12.2. The predicted octanol–water partition coefficient (Wildman–Crippen LogP) is 8.73. The summed E-state index contributed by atoms with van der Waals surface area (Å²) in [6.45, 7) is 13.5. The summed E-state index contributed by atoms with van der Waals surface area (Å²) in [6.07, 6.45) is 0. The first-order chi connectivity index (χ1) is 17.8. The highest BCUT2D eigenvalue weighted by molar-refractivity contribution is 9.10. The first-order valence-electron chi connectivity index (χ1n) is 12.3. The molecule has 1 atom stereocenters. The zero-order chi connectivity index (χ0) is 27.9. The van der Waals surface area contributed by atoms with Gasteiger partial charge in [0.1, 0.15) is 5.60 Å². The molecule has 0 saturated heterocycles. The molecule has 5 nitrogen and oxygen atoms in total. The molecule has 4 rings (SSSR count). The van der Waals surface area contributed by atoms with E-state index in [1.165, 1.54) is 4.31 Å². The Bertz CT molecular complexity index is 1560. The highest BCUT2D eigenvalue weighted by Gasteiger charge is 2.27. The van der Waals surface area contributed by atoms with Gasteiger partial charge in [-0.15, -0.1) is 0 Å². The largest absolute Gasteiger partial charge is 0.456 e. The van der Waals surface area contributed by atoms with Gasteiger partial charge in [0.15, 0.2) is 0 Å². The number of benzene rings is 4. The van der Waals surface area contributed by atoms with Crippen LogP contribution in [0.15, 0.2) is 65.1 Å². The third-order valence-corrected chi connectivity index (χ3v) is 7.95. The molecule has 7 heteroatoms. The minimum Gasteiger partial charge on any atom is -0.456 e. The van der Waals surface area contributed by atoms with Gasteiger partial charge >= 0.3 is 5.97 Å². The molecule has 1 unspecified atom stereocenters. The molecular formula is C31H32BrNO4S. The highest BCUT2D eigenvalue weighted by Crippen LogP contribution is 2.46. The summed E-state index contributed by atoms with van der Waals surface area (Å²) in [5, 5.41) is 1.70. The van der Waals surface area contributed by atoms with Gasteiger partial charge in [0.2, 0.25) is 0 Å². The lowest BCUT2D eigenvalue weighted by molar-refractivity contribution is 0.00695. The number of carbonyl (C=O) groups excluding carboxylic acids is 1. The molecule has 0 aromatic heterocycles. The molecule has 4 aromatic carbocycles. The molecule has 0 radical (unpaired) electrons. The fraction of sp³-hybridized carbons (Fsp3) is 0.258. The number of rotatable bonds is 5. The first kappa shape index (κ1) is 28.0. The average Bonchev–Trinajstić information content (AvgIpc) is 2.84. The quantitative estimate of drug-likeness (QED) is 0.185. The van der Waals surface area contributed by atoms with Crippen molar-refractivity contribution in [3.05, 3.63) is 93.0 Å². The number of anilines is 2. The van der Waals surface area contributed by atoms with Crippen molar-refractivity contribution in [2.75, 3.05) is 4.31 Å². The molecule has 0 aliphatic carbocycles. The molecule has 0 amide bonds. The second-order valence-electron chi connectivity index (χ2n) is 10.5. The topological polar surface area (TPSA) is 66.8 Å². The van der Waals surface area contributed by atoms with E-state index in [0.29, 0.717) is 21.4 Å². The lowest BCUT2D eigenvalue weighted by atomic mass is 9.95. The number of nitrogens with zero attached hydrogens (tertiary/aromatic N) is 1. The summed E-state index contributed by atoms with van der Waals surface area (Å²) in [7, 11) is 0. The lowest BCUT2D eigenvalue weighted by Gasteiger charge is -2.28. The van der Waals surface area contributed by atoms with Crippen LogP contribution in [0.4, 0.5) is 11.4 Å². The standard InChI is InChI=1S/C31H32BrNO4S/c1-18-15-19(2)21(4)28(20(18)3)33(38(35)36)29-25-14-9-8-13-24(25)26(17-27(29)32)22-11-10-12-23(16-22)30(34)37-31(5,6)7/h8-17H,1-7H3,(H,35,36). The minimum atomic E-state index is -2.34. The van der Waals surface area contributed by atoms with Crippen molar-refractivity contribution >= 4 is 55.3 Å². The van der Waals surface area contributed by atoms with Crippen molar-refractivity contribution in [1.29, 1.82) is 0 Å². The van der Waals surface area contributed by atoms with Crippen LogP contribution in [-0.4, -0.2) is 20.3 Å². The number of ether oxygens (including phenoxy) is 1. The molecule has 0 heterocycles. The van der Waals surface area contributed by atoms with Crippen LogP contribution >= 0.6 is 15.9 Å². The van der Waals surface area contributed by atoms with Gasteiger partial charge in [0.25, 0.3) is 11.3 Å². The van der Waals surface area contributed by atoms with Crippen molar-refractivity contribution < 1.29 is 18.3 Å². The van der Waals surface area contributed by atoms with Crippen molar-refractivity contribution in [3.8, 4) is 11.1 Å². The SMILES string of the molecule is Cc1cc(C)c(C)c(N(c2c(Br)cc(-c3cccc(C(=O)OC(C)(C)C)c3)c3ccccc23)S(=O)O)c1C. The second kappa shape index (κ2) is 10.6. The van der Waals surface area contributed by atoms with Crippen LogP contribution in [0.2, 0.25) is 0 Å². The zero-order valence-electron chi connectivity index (χ0n) is 22.7. The third-order valence-electron chi connectivity index (χ3n) is 6.67. The van der Waals surface area contributed by atoms with Crippen LogP contribution in [0.5, 0.6) is 0 Å². The molecule has 0 spiro atoms. The molecular weight excluding hydrogens is 562 g/mol. The Hall–Kier alpha value is -3.00. The number of fused-ring (bicyclic) bond motifs is 1. The van der Waals surface area contributed by atoms with E-state index in [1.54, 1.807) is 6.07 Å². The molecule has 0 aliphatic heterocycles. The van der Waals surface area contributed by atoms with Gasteiger partial charge in [-0.1, -0.05) is 42.5 Å². The summed E-state index contributed by atoms with van der Waals surface area (Å²) in [5.41, 5.74) is 6.90. The van der Waals surface area contributed by atoms with E-state index in [1.807, 2.05) is 97.0 Å². The average molecular weight is 595 g/mol. The maximum Gasteiger partial charge on any atom is 0.338 e. The molecule has 0 bridgehead atoms. The van der Waals surface area contributed by atoms with E-state index in [9.17, 15) is 13.6 Å². The fourth-order valence-electron chi connectivity index (χ4n) is 4.69. The molecule has 1 N–H and O–H groups in total. The molecule has 0 saturated carbocycles. The van der Waals surface area contributed by atoms with Crippen molar-refractivity contribution in [3.63, 3.8) is 0 Å². The van der Waals surface area contributed by atoms with E-state index in [-0.39, 0.29) is 5.97 Å². The smallest absolute Gasteiger partial charge is 0.338 e. The van der Waals surface area contributed by atoms with Gasteiger partial charge < -0.3 is 4.74 Å². The van der Waals surface area contributed by atoms with E-state index in [0.717, 1.165) is 44.2 Å². The van der Waals surface area contributed by atoms with Crippen LogP contribution in [0, 0.1) is 27.7 Å². The van der Waals surface area contributed by atoms with Gasteiger partial charge in [0, 0.05) is 9.86 Å². The third kappa shape index (κ3) is 5.41. The Morgan fingerprint density at radius 3 is 2.05 bits per heavy atom. The maximum absolute atomic E-state index is 13.0. The molecule has 0 fully saturated rings. The Balaban J connectivity index is 1.97. The van der Waals surface area contributed by atoms with Crippen molar-refractivity contribution in [1.82, 2.24) is 0 Å². The summed E-state index contributed by atoms with van der Waals surface area (Å²) in [5.74, 6) is -0.387. The van der Waals surface area contributed by atoms with Gasteiger partial charge in [-0.25, -0.2) is 13.3 Å². The number of hydrogen-bond donors (Lipinski definition) is 1. The first-order valence-corrected chi connectivity index (χ1v) is 14.2. The monoisotopic (exact) mass is 593 g/mol. The Morgan fingerprint density at radius 2 is 1.47 bits per heavy atom. The summed E-state index contributed by atoms with van der Waals surface area (Å²) < 4.78 is 31.3. The van der Waals surface area contributed by atoms with E-state index in [4.69, 9.17) is 4.74 Å². The van der Waals surface area contributed by atoms with Crippen LogP contribution in [0.1, 0.15) is 53.4 Å². The molecule has 0 aliphatic rings. The number of halogens is 1. The summed E-state index contributed by atoms with van der Waals surface area (Å²) >= 11 is 1.39. The van der Waals surface area contributed by atoms with Gasteiger partial charge in [-0.3, -0.25) is 4.55 Å². The van der Waals surface area contributed by atoms with Gasteiger partial charge in [0.05, 0.1) is 16.9 Å². The minimum absolute atomic E-state index is 0.387. The predicted molar refractivity (Wildman–Crippen MR) is 161 cm³/mol. The van der Waals surface area contributed by atoms with Gasteiger partial charge in [-0.05, 0) is 121 Å². The number of aryl methyl sites for hydroxylation is 2. The zero-order valence-corrected chi connectivity index (χ0v) is 25.1. The van der Waals surface area contributed by atoms with Crippen LogP contribution in [0.3, 0.4) is 0 Å². The molecule has 38 heavy (non-hydrogen) atoms. The lowest BCUT2D eigenvalue weighted by Crippen LogP contribution is -2.23. The van der Waals surface area contributed by atoms with Crippen molar-refractivity contribution in [2.45, 2.75) is 54.1 Å². The van der Waals surface area contributed by atoms with Gasteiger partial charge in [-0.2, -0.15) is 0 Å². The molecule has 198 valence electrons. The van der Waals surface area contributed by atoms with E-state index >= 15 is 0 Å². The molecule has 4 aromatic rings. The highest BCUT2D eigenvalue weighted by atomic mass is 79.9. The van der Waals surface area contributed by atoms with E-state index < -0.39 is 16.9 Å². The maximum atomic E-state index is 13.0. The number of esters is 1. The Kier molecular flexibility index (Phi) is 7.84. The normalized spacial score (nSPS) is 12.4. The number of hydrogen-bond acceptors (Lipinski definition) is 3. The van der Waals surface area contributed by atoms with Crippen LogP contribution in [-0.2, 0) is 16.0 Å². The van der Waals surface area contributed by atoms with E-state index in [2.05, 4.69) is 22.0 Å². The van der Waals surface area contributed by atoms with Crippen LogP contribution in [0.25, 0.3) is 21.9 Å². The Labute approximate surface area is 235 Å². The summed E-state index contributed by atoms with van der Waals surface area (Å²) in [6, 6.07) is 19.2. The Morgan fingerprint density at radius 1 is 0.868 bits per heavy atom. The summed E-state index contributed by atoms with van der Waals surface area (Å²) in [4.78, 5) is 12.8. The fourth-order valence-corrected chi connectivity index (χ4v) is 6.21. The van der Waals surface area contributed by atoms with Crippen LogP contribution < -0.4 is 4.31 Å².